The van der Waals surface area contributed by atoms with Crippen molar-refractivity contribution in [3.8, 4) is 0 Å². The highest BCUT2D eigenvalue weighted by Gasteiger charge is 2.63. The zero-order chi connectivity index (χ0) is 21.0. The minimum Gasteiger partial charge on any atom is -0.339 e. The Hall–Kier alpha value is -0.420. The third kappa shape index (κ3) is 4.08. The van der Waals surface area contributed by atoms with Crippen LogP contribution < -0.4 is 0 Å². The molecular formula is C20H26Cl4N2O2. The Kier molecular flexibility index (Phi) is 6.11. The van der Waals surface area contributed by atoms with Crippen molar-refractivity contribution in [3.05, 3.63) is 21.1 Å². The van der Waals surface area contributed by atoms with Crippen LogP contribution in [0.2, 0.25) is 0 Å². The van der Waals surface area contributed by atoms with Gasteiger partial charge >= 0.3 is 0 Å². The number of halogens is 4. The molecule has 0 N–H and O–H groups in total. The molecule has 2 saturated carbocycles. The molecule has 1 saturated heterocycles. The lowest BCUT2D eigenvalue weighted by atomic mass is 10.1. The Morgan fingerprint density at radius 1 is 0.714 bits per heavy atom. The van der Waals surface area contributed by atoms with Crippen LogP contribution in [0, 0.1) is 34.5 Å². The molecule has 0 aromatic rings. The highest BCUT2D eigenvalue weighted by molar-refractivity contribution is 6.56. The lowest BCUT2D eigenvalue weighted by Crippen LogP contribution is -2.52. The van der Waals surface area contributed by atoms with E-state index in [1.165, 1.54) is 0 Å². The molecule has 2 amide bonds. The van der Waals surface area contributed by atoms with Crippen LogP contribution in [0.3, 0.4) is 0 Å². The van der Waals surface area contributed by atoms with Crippen LogP contribution in [0.25, 0.3) is 0 Å². The average molecular weight is 468 g/mol. The molecule has 8 heteroatoms. The number of allylic oxidation sites excluding steroid dienone is 2. The number of nitrogens with zero attached hydrogens (tertiary/aromatic N) is 2. The monoisotopic (exact) mass is 466 g/mol. The summed E-state index contributed by atoms with van der Waals surface area (Å²) in [5.74, 6) is 0.147. The van der Waals surface area contributed by atoms with Crippen LogP contribution in [0.15, 0.2) is 21.1 Å². The third-order valence-corrected chi connectivity index (χ3v) is 7.37. The lowest BCUT2D eigenvalue weighted by Gasteiger charge is -2.35. The summed E-state index contributed by atoms with van der Waals surface area (Å²) in [4.78, 5) is 29.6. The van der Waals surface area contributed by atoms with Gasteiger partial charge in [-0.15, -0.1) is 0 Å². The zero-order valence-corrected chi connectivity index (χ0v) is 19.5. The van der Waals surface area contributed by atoms with Gasteiger partial charge in [-0.25, -0.2) is 0 Å². The van der Waals surface area contributed by atoms with Gasteiger partial charge in [-0.2, -0.15) is 0 Å². The van der Waals surface area contributed by atoms with Crippen LogP contribution in [-0.2, 0) is 9.59 Å². The number of hydrogen-bond acceptors (Lipinski definition) is 2. The first kappa shape index (κ1) is 22.3. The molecule has 3 rings (SSSR count). The predicted molar refractivity (Wildman–Crippen MR) is 114 cm³/mol. The van der Waals surface area contributed by atoms with Crippen molar-refractivity contribution in [2.75, 3.05) is 26.2 Å². The number of amides is 2. The summed E-state index contributed by atoms with van der Waals surface area (Å²) in [7, 11) is 0. The first-order valence-corrected chi connectivity index (χ1v) is 11.0. The molecule has 3 fully saturated rings. The van der Waals surface area contributed by atoms with Crippen LogP contribution >= 0.6 is 46.4 Å². The van der Waals surface area contributed by atoms with Gasteiger partial charge in [-0.1, -0.05) is 74.1 Å². The molecule has 1 heterocycles. The normalized spacial score (nSPS) is 32.4. The largest absolute Gasteiger partial charge is 0.339 e. The first-order valence-electron chi connectivity index (χ1n) is 9.52. The van der Waals surface area contributed by atoms with E-state index in [0.29, 0.717) is 26.2 Å². The molecule has 4 atom stereocenters. The molecule has 0 spiro atoms. The second kappa shape index (κ2) is 7.68. The maximum Gasteiger partial charge on any atom is 0.226 e. The fourth-order valence-corrected chi connectivity index (χ4v) is 5.28. The summed E-state index contributed by atoms with van der Waals surface area (Å²) in [6, 6.07) is 0. The number of piperazine rings is 1. The summed E-state index contributed by atoms with van der Waals surface area (Å²) in [6.45, 7) is 10.4. The number of carbonyl (C=O) groups excluding carboxylic acids is 2. The molecular weight excluding hydrogens is 442 g/mol. The van der Waals surface area contributed by atoms with E-state index in [-0.39, 0.29) is 55.3 Å². The van der Waals surface area contributed by atoms with Crippen LogP contribution in [0.4, 0.5) is 0 Å². The van der Waals surface area contributed by atoms with E-state index in [9.17, 15) is 9.59 Å². The number of carbonyl (C=O) groups is 2. The van der Waals surface area contributed by atoms with Gasteiger partial charge in [-0.3, -0.25) is 9.59 Å². The summed E-state index contributed by atoms with van der Waals surface area (Å²) < 4.78 is 0.410. The van der Waals surface area contributed by atoms with E-state index in [4.69, 9.17) is 46.4 Å². The molecule has 4 nitrogen and oxygen atoms in total. The predicted octanol–water partition coefficient (Wildman–Crippen LogP) is 4.84. The zero-order valence-electron chi connectivity index (χ0n) is 16.5. The molecule has 0 radical (unpaired) electrons. The summed E-state index contributed by atoms with van der Waals surface area (Å²) in [6.07, 6.45) is 3.52. The fourth-order valence-electron chi connectivity index (χ4n) is 4.73. The van der Waals surface area contributed by atoms with E-state index in [1.807, 2.05) is 9.80 Å². The molecule has 0 aromatic heterocycles. The van der Waals surface area contributed by atoms with Crippen molar-refractivity contribution in [2.45, 2.75) is 27.7 Å². The van der Waals surface area contributed by atoms with E-state index in [0.717, 1.165) is 0 Å². The highest BCUT2D eigenvalue weighted by atomic mass is 35.5. The van der Waals surface area contributed by atoms with Gasteiger partial charge in [0, 0.05) is 26.2 Å². The van der Waals surface area contributed by atoms with E-state index in [2.05, 4.69) is 27.7 Å². The number of hydrogen-bond donors (Lipinski definition) is 0. The van der Waals surface area contributed by atoms with Gasteiger partial charge in [-0.05, 0) is 34.8 Å². The average Bonchev–Trinajstić information content (AvgIpc) is 3.33. The second-order valence-corrected chi connectivity index (χ2v) is 11.2. The molecule has 28 heavy (non-hydrogen) atoms. The van der Waals surface area contributed by atoms with Crippen molar-refractivity contribution < 1.29 is 9.59 Å². The summed E-state index contributed by atoms with van der Waals surface area (Å²) >= 11 is 23.2. The highest BCUT2D eigenvalue weighted by Crippen LogP contribution is 2.61. The molecule has 156 valence electrons. The maximum atomic E-state index is 12.9. The van der Waals surface area contributed by atoms with Gasteiger partial charge in [0.15, 0.2) is 0 Å². The van der Waals surface area contributed by atoms with Crippen molar-refractivity contribution in [2.24, 2.45) is 34.5 Å². The van der Waals surface area contributed by atoms with Crippen molar-refractivity contribution in [3.63, 3.8) is 0 Å². The van der Waals surface area contributed by atoms with Gasteiger partial charge in [0.05, 0.1) is 11.8 Å². The smallest absolute Gasteiger partial charge is 0.226 e. The molecule has 0 aromatic carbocycles. The van der Waals surface area contributed by atoms with Crippen molar-refractivity contribution in [1.29, 1.82) is 0 Å². The fraction of sp³-hybridized carbons (Fsp3) is 0.700. The Balaban J connectivity index is 1.57. The standard InChI is InChI=1S/C20H26Cl4N2O2/c1-19(2)11(9-13(21)22)15(19)17(27)25-5-7-26(8-6-25)18(28)16-12(10-14(23)24)20(16,3)4/h9-12,15-16H,5-8H2,1-4H3/t11-,12+,15-,16+. The summed E-state index contributed by atoms with van der Waals surface area (Å²) in [5.41, 5.74) is -0.283. The first-order chi connectivity index (χ1) is 12.9. The van der Waals surface area contributed by atoms with Crippen LogP contribution in [0.1, 0.15) is 27.7 Å². The number of rotatable bonds is 4. The molecule has 2 aliphatic carbocycles. The van der Waals surface area contributed by atoms with Gasteiger partial charge in [0.2, 0.25) is 11.8 Å². The quantitative estimate of drug-likeness (QED) is 0.593. The Labute approximate surface area is 186 Å². The van der Waals surface area contributed by atoms with E-state index >= 15 is 0 Å². The molecule has 1 aliphatic heterocycles. The second-order valence-electron chi connectivity index (χ2n) is 9.21. The van der Waals surface area contributed by atoms with Gasteiger partial charge < -0.3 is 9.80 Å². The minimum atomic E-state index is -0.141. The summed E-state index contributed by atoms with van der Waals surface area (Å²) in [5, 5.41) is 0. The SMILES string of the molecule is CC1(C)[C@H](C(=O)N2CCN(C(=O)[C@H]3[C@@H](C=C(Cl)Cl)C3(C)C)CC2)[C@@H]1C=C(Cl)Cl. The topological polar surface area (TPSA) is 40.6 Å². The lowest BCUT2D eigenvalue weighted by molar-refractivity contribution is -0.142. The maximum absolute atomic E-state index is 12.9. The van der Waals surface area contributed by atoms with Gasteiger partial charge in [0.25, 0.3) is 0 Å². The van der Waals surface area contributed by atoms with Crippen LogP contribution in [-0.4, -0.2) is 47.8 Å². The Morgan fingerprint density at radius 3 is 1.25 bits per heavy atom. The Bertz CT molecular complexity index is 668. The van der Waals surface area contributed by atoms with Crippen LogP contribution in [0.5, 0.6) is 0 Å². The molecule has 0 bridgehead atoms. The Morgan fingerprint density at radius 2 is 1.00 bits per heavy atom. The third-order valence-electron chi connectivity index (χ3n) is 6.87. The molecule has 3 aliphatic rings. The minimum absolute atomic E-state index is 0.0600. The molecule has 0 unspecified atom stereocenters. The van der Waals surface area contributed by atoms with Crippen molar-refractivity contribution in [1.82, 2.24) is 9.80 Å². The van der Waals surface area contributed by atoms with E-state index < -0.39 is 0 Å². The van der Waals surface area contributed by atoms with Crippen molar-refractivity contribution >= 4 is 58.2 Å². The van der Waals surface area contributed by atoms with Gasteiger partial charge in [0.1, 0.15) is 8.98 Å². The van der Waals surface area contributed by atoms with E-state index in [1.54, 1.807) is 12.2 Å².